The Morgan fingerprint density at radius 2 is 2.20 bits per heavy atom. The fourth-order valence-electron chi connectivity index (χ4n) is 0.541. The van der Waals surface area contributed by atoms with Gasteiger partial charge in [0.25, 0.3) is 0 Å². The van der Waals surface area contributed by atoms with Crippen molar-refractivity contribution < 1.29 is 4.39 Å². The first kappa shape index (κ1) is 7.76. The molecule has 0 aliphatic heterocycles. The molecule has 54 valence electrons. The highest BCUT2D eigenvalue weighted by Gasteiger charge is 2.00. The normalized spacial score (nSPS) is 9.90. The first-order chi connectivity index (χ1) is 4.74. The van der Waals surface area contributed by atoms with Gasteiger partial charge in [-0.2, -0.15) is 4.39 Å². The molecule has 4 heteroatoms. The molecule has 0 amide bonds. The van der Waals surface area contributed by atoms with Crippen molar-refractivity contribution in [2.45, 2.75) is 5.88 Å². The lowest BCUT2D eigenvalue weighted by molar-refractivity contribution is 0.583. The van der Waals surface area contributed by atoms with Crippen LogP contribution in [0.3, 0.4) is 0 Å². The minimum Gasteiger partial charge on any atom is -0.207 e. The van der Waals surface area contributed by atoms with E-state index in [2.05, 4.69) is 4.98 Å². The topological polar surface area (TPSA) is 12.9 Å². The van der Waals surface area contributed by atoms with Gasteiger partial charge >= 0.3 is 0 Å². The van der Waals surface area contributed by atoms with Crippen LogP contribution in [0.15, 0.2) is 12.1 Å². The number of halogens is 3. The molecule has 0 fully saturated rings. The van der Waals surface area contributed by atoms with Gasteiger partial charge in [0.15, 0.2) is 0 Å². The highest BCUT2D eigenvalue weighted by Crippen LogP contribution is 2.14. The van der Waals surface area contributed by atoms with E-state index in [1.807, 2.05) is 0 Å². The smallest absolute Gasteiger partial charge is 0.207 e. The third-order valence-corrected chi connectivity index (χ3v) is 1.65. The molecule has 0 aliphatic carbocycles. The van der Waals surface area contributed by atoms with E-state index in [9.17, 15) is 4.39 Å². The Morgan fingerprint density at radius 1 is 1.50 bits per heavy atom. The second kappa shape index (κ2) is 3.17. The average Bonchev–Trinajstić information content (AvgIpc) is 1.88. The highest BCUT2D eigenvalue weighted by atomic mass is 35.5. The molecule has 0 aliphatic rings. The summed E-state index contributed by atoms with van der Waals surface area (Å²) < 4.78 is 12.2. The fraction of sp³-hybridized carbons (Fsp3) is 0.167. The minimum absolute atomic E-state index is 0.134. The molecule has 0 radical (unpaired) electrons. The lowest BCUT2D eigenvalue weighted by atomic mass is 10.3. The van der Waals surface area contributed by atoms with Crippen LogP contribution >= 0.6 is 23.2 Å². The van der Waals surface area contributed by atoms with Crippen molar-refractivity contribution in [2.75, 3.05) is 0 Å². The molecule has 0 saturated heterocycles. The molecule has 10 heavy (non-hydrogen) atoms. The number of pyridine rings is 1. The molecule has 0 spiro atoms. The summed E-state index contributed by atoms with van der Waals surface area (Å²) in [6.45, 7) is 0. The summed E-state index contributed by atoms with van der Waals surface area (Å²) in [4.78, 5) is 3.36. The molecular formula is C6H4Cl2FN. The number of alkyl halides is 1. The Bertz CT molecular complexity index is 239. The van der Waals surface area contributed by atoms with E-state index in [-0.39, 0.29) is 11.0 Å². The van der Waals surface area contributed by atoms with Gasteiger partial charge in [-0.05, 0) is 6.07 Å². The van der Waals surface area contributed by atoms with Crippen LogP contribution in [0.5, 0.6) is 0 Å². The number of hydrogen-bond donors (Lipinski definition) is 0. The SMILES string of the molecule is Fc1ccc(CCl)c(Cl)n1. The highest BCUT2D eigenvalue weighted by molar-refractivity contribution is 6.31. The molecular weight excluding hydrogens is 176 g/mol. The zero-order chi connectivity index (χ0) is 7.56. The first-order valence-corrected chi connectivity index (χ1v) is 3.52. The van der Waals surface area contributed by atoms with Gasteiger partial charge < -0.3 is 0 Å². The number of rotatable bonds is 1. The van der Waals surface area contributed by atoms with Gasteiger partial charge in [-0.15, -0.1) is 11.6 Å². The maximum absolute atomic E-state index is 12.2. The summed E-state index contributed by atoms with van der Waals surface area (Å²) in [5, 5.41) is 0.134. The molecule has 1 rings (SSSR count). The van der Waals surface area contributed by atoms with Crippen LogP contribution in [0.4, 0.5) is 4.39 Å². The van der Waals surface area contributed by atoms with Gasteiger partial charge in [-0.3, -0.25) is 0 Å². The van der Waals surface area contributed by atoms with Crippen LogP contribution in [0.25, 0.3) is 0 Å². The Balaban J connectivity index is 3.07. The van der Waals surface area contributed by atoms with Crippen molar-refractivity contribution in [3.63, 3.8) is 0 Å². The first-order valence-electron chi connectivity index (χ1n) is 2.61. The lowest BCUT2D eigenvalue weighted by Crippen LogP contribution is -1.87. The Hall–Kier alpha value is -0.340. The summed E-state index contributed by atoms with van der Waals surface area (Å²) in [6.07, 6.45) is 0. The molecule has 0 bridgehead atoms. The Morgan fingerprint density at radius 3 is 2.70 bits per heavy atom. The van der Waals surface area contributed by atoms with Gasteiger partial charge in [0.05, 0.1) is 5.88 Å². The fourth-order valence-corrected chi connectivity index (χ4v) is 1.04. The molecule has 0 atom stereocenters. The van der Waals surface area contributed by atoms with Crippen molar-refractivity contribution >= 4 is 23.2 Å². The summed E-state index contributed by atoms with van der Waals surface area (Å²) in [5.74, 6) is -0.328. The van der Waals surface area contributed by atoms with Crippen molar-refractivity contribution in [1.82, 2.24) is 4.98 Å². The molecule has 0 aromatic carbocycles. The predicted molar refractivity (Wildman–Crippen MR) is 38.8 cm³/mol. The van der Waals surface area contributed by atoms with Gasteiger partial charge in [0, 0.05) is 5.56 Å². The van der Waals surface area contributed by atoms with Crippen LogP contribution in [-0.2, 0) is 5.88 Å². The Labute approximate surface area is 67.8 Å². The van der Waals surface area contributed by atoms with E-state index in [1.54, 1.807) is 0 Å². The molecule has 1 aromatic rings. The summed E-state index contributed by atoms with van der Waals surface area (Å²) >= 11 is 10.9. The summed E-state index contributed by atoms with van der Waals surface area (Å²) in [6, 6.07) is 2.74. The summed E-state index contributed by atoms with van der Waals surface area (Å²) in [7, 11) is 0. The van der Waals surface area contributed by atoms with Crippen molar-refractivity contribution in [1.29, 1.82) is 0 Å². The quantitative estimate of drug-likeness (QED) is 0.478. The molecule has 0 unspecified atom stereocenters. The van der Waals surface area contributed by atoms with Gasteiger partial charge in [0.2, 0.25) is 5.95 Å². The van der Waals surface area contributed by atoms with Gasteiger partial charge in [0.1, 0.15) is 5.15 Å². The minimum atomic E-state index is -0.584. The lowest BCUT2D eigenvalue weighted by Gasteiger charge is -1.95. The zero-order valence-corrected chi connectivity index (χ0v) is 6.45. The third kappa shape index (κ3) is 1.58. The van der Waals surface area contributed by atoms with Crippen LogP contribution < -0.4 is 0 Å². The van der Waals surface area contributed by atoms with Crippen molar-refractivity contribution in [3.05, 3.63) is 28.8 Å². The molecule has 0 N–H and O–H groups in total. The monoisotopic (exact) mass is 179 g/mol. The van der Waals surface area contributed by atoms with Crippen LogP contribution in [-0.4, -0.2) is 4.98 Å². The second-order valence-electron chi connectivity index (χ2n) is 1.72. The van der Waals surface area contributed by atoms with Gasteiger partial charge in [-0.1, -0.05) is 17.7 Å². The number of aromatic nitrogens is 1. The van der Waals surface area contributed by atoms with E-state index in [0.29, 0.717) is 5.56 Å². The van der Waals surface area contributed by atoms with E-state index >= 15 is 0 Å². The molecule has 1 heterocycles. The average molecular weight is 180 g/mol. The van der Waals surface area contributed by atoms with Gasteiger partial charge in [-0.25, -0.2) is 4.98 Å². The number of hydrogen-bond acceptors (Lipinski definition) is 1. The maximum atomic E-state index is 12.2. The van der Waals surface area contributed by atoms with E-state index in [0.717, 1.165) is 0 Å². The second-order valence-corrected chi connectivity index (χ2v) is 2.34. The standard InChI is InChI=1S/C6H4Cl2FN/c7-3-4-1-2-5(9)10-6(4)8/h1-2H,3H2. The predicted octanol–water partition coefficient (Wildman–Crippen LogP) is 2.61. The third-order valence-electron chi connectivity index (χ3n) is 1.04. The van der Waals surface area contributed by atoms with E-state index in [1.165, 1.54) is 12.1 Å². The summed E-state index contributed by atoms with van der Waals surface area (Å²) in [5.41, 5.74) is 0.643. The zero-order valence-electron chi connectivity index (χ0n) is 4.94. The van der Waals surface area contributed by atoms with E-state index in [4.69, 9.17) is 23.2 Å². The largest absolute Gasteiger partial charge is 0.214 e. The van der Waals surface area contributed by atoms with Crippen LogP contribution in [0, 0.1) is 5.95 Å². The number of nitrogens with zero attached hydrogens (tertiary/aromatic N) is 1. The molecule has 1 aromatic heterocycles. The van der Waals surface area contributed by atoms with Crippen molar-refractivity contribution in [2.24, 2.45) is 0 Å². The maximum Gasteiger partial charge on any atom is 0.214 e. The Kier molecular flexibility index (Phi) is 2.46. The van der Waals surface area contributed by atoms with Crippen LogP contribution in [0.2, 0.25) is 5.15 Å². The van der Waals surface area contributed by atoms with E-state index < -0.39 is 5.95 Å². The van der Waals surface area contributed by atoms with Crippen molar-refractivity contribution in [3.8, 4) is 0 Å². The molecule has 0 saturated carbocycles. The van der Waals surface area contributed by atoms with Crippen LogP contribution in [0.1, 0.15) is 5.56 Å². The molecule has 1 nitrogen and oxygen atoms in total.